The molecule has 0 heteroatoms. The molecule has 0 N–H and O–H groups in total. The largest absolute Gasteiger partial charge is 0.0909 e. The third-order valence-corrected chi connectivity index (χ3v) is 12.1. The first-order chi connectivity index (χ1) is 27.3. The molecule has 0 radical (unpaired) electrons. The first-order valence-electron chi connectivity index (χ1n) is 20.0. The van der Waals surface area contributed by atoms with Gasteiger partial charge in [-0.1, -0.05) is 190 Å². The lowest BCUT2D eigenvalue weighted by Crippen LogP contribution is -2.15. The Balaban J connectivity index is 1.18. The lowest BCUT2D eigenvalue weighted by molar-refractivity contribution is 0.639. The minimum Gasteiger partial charge on any atom is -0.0909 e. The lowest BCUT2D eigenvalue weighted by atomic mass is 9.80. The summed E-state index contributed by atoms with van der Waals surface area (Å²) < 4.78 is 0. The van der Waals surface area contributed by atoms with Crippen LogP contribution in [0.5, 0.6) is 0 Å². The number of fused-ring (bicyclic) bond motifs is 3. The zero-order valence-corrected chi connectivity index (χ0v) is 33.4. The van der Waals surface area contributed by atoms with Crippen molar-refractivity contribution in [2.24, 2.45) is 0 Å². The molecular formula is C56H50. The summed E-state index contributed by atoms with van der Waals surface area (Å²) >= 11 is 0. The van der Waals surface area contributed by atoms with Crippen LogP contribution in [0.2, 0.25) is 0 Å². The van der Waals surface area contributed by atoms with Crippen LogP contribution in [0.1, 0.15) is 75.3 Å². The average Bonchev–Trinajstić information content (AvgIpc) is 3.43. The molecular weight excluding hydrogens is 673 g/mol. The maximum atomic E-state index is 4.79. The highest BCUT2D eigenvalue weighted by Crippen LogP contribution is 2.48. The molecule has 0 saturated heterocycles. The normalized spacial score (nSPS) is 16.3. The van der Waals surface area contributed by atoms with Crippen molar-refractivity contribution in [3.05, 3.63) is 227 Å². The van der Waals surface area contributed by atoms with Crippen LogP contribution in [0.25, 0.3) is 55.0 Å². The second-order valence-electron chi connectivity index (χ2n) is 15.7. The maximum Gasteiger partial charge on any atom is 0.0118 e. The molecule has 0 heterocycles. The molecule has 8 rings (SSSR count). The number of hydrogen-bond acceptors (Lipinski definition) is 0. The van der Waals surface area contributed by atoms with Gasteiger partial charge in [0.15, 0.2) is 0 Å². The molecule has 0 spiro atoms. The molecule has 0 bridgehead atoms. The predicted molar refractivity (Wildman–Crippen MR) is 245 cm³/mol. The summed E-state index contributed by atoms with van der Waals surface area (Å²) in [4.78, 5) is 0. The molecule has 2 aliphatic carbocycles. The molecule has 6 aromatic rings. The molecule has 0 amide bonds. The minimum atomic E-state index is -0.0470. The van der Waals surface area contributed by atoms with E-state index in [0.717, 1.165) is 18.4 Å². The Bertz CT molecular complexity index is 2720. The van der Waals surface area contributed by atoms with Gasteiger partial charge in [0.25, 0.3) is 0 Å². The van der Waals surface area contributed by atoms with Gasteiger partial charge in [0.05, 0.1) is 0 Å². The smallest absolute Gasteiger partial charge is 0.0118 e. The maximum absolute atomic E-state index is 4.79. The fourth-order valence-corrected chi connectivity index (χ4v) is 8.54. The molecule has 0 saturated carbocycles. The Morgan fingerprint density at radius 1 is 0.679 bits per heavy atom. The van der Waals surface area contributed by atoms with Crippen molar-refractivity contribution in [2.75, 3.05) is 0 Å². The third kappa shape index (κ3) is 6.93. The highest BCUT2D eigenvalue weighted by molar-refractivity contribution is 5.97. The van der Waals surface area contributed by atoms with Gasteiger partial charge in [-0.15, -0.1) is 0 Å². The van der Waals surface area contributed by atoms with Crippen molar-refractivity contribution in [1.82, 2.24) is 0 Å². The molecule has 0 nitrogen and oxygen atoms in total. The Morgan fingerprint density at radius 3 is 2.14 bits per heavy atom. The van der Waals surface area contributed by atoms with Gasteiger partial charge in [0, 0.05) is 5.41 Å². The molecule has 0 fully saturated rings. The van der Waals surface area contributed by atoms with Gasteiger partial charge in [0.1, 0.15) is 0 Å². The first kappa shape index (κ1) is 36.7. The summed E-state index contributed by atoms with van der Waals surface area (Å²) in [7, 11) is 0. The summed E-state index contributed by atoms with van der Waals surface area (Å²) in [5.41, 5.74) is 17.8. The quantitative estimate of drug-likeness (QED) is 0.130. The van der Waals surface area contributed by atoms with Gasteiger partial charge in [-0.3, -0.25) is 0 Å². The van der Waals surface area contributed by atoms with Crippen molar-refractivity contribution < 1.29 is 0 Å². The molecule has 0 unspecified atom stereocenters. The monoisotopic (exact) mass is 722 g/mol. The van der Waals surface area contributed by atoms with Gasteiger partial charge < -0.3 is 0 Å². The molecule has 0 atom stereocenters. The SMILES string of the molecule is C=C(/C(=C/C=C\C)C/C(=C1/C=CC(c2ccc3ccccc3c2)=CC1)c1ccc(-c2cccc3ccccc23)cc1)c1ccc2c(c1)C(C)(C)C(C)=C2/C=C\C. The first-order valence-corrected chi connectivity index (χ1v) is 20.0. The fourth-order valence-electron chi connectivity index (χ4n) is 8.54. The van der Waals surface area contributed by atoms with Crippen LogP contribution in [0.3, 0.4) is 0 Å². The minimum absolute atomic E-state index is 0.0470. The topological polar surface area (TPSA) is 0 Å². The van der Waals surface area contributed by atoms with E-state index in [2.05, 4.69) is 211 Å². The standard InChI is InChI=1S/C56H50/c1-7-9-16-46(38(3)47-33-34-53-50(15-8-2)39(4)56(5,6)55(53)37-47)36-54(44-26-23-41(24-27-44)49-32-25-40-17-10-11-19-48(40)35-49)45-30-28-43(29-31-45)52-22-14-20-42-18-12-13-21-51(42)52/h7-26,28-35,37H,3,27,36H2,1-2,4-6H3/b9-7-,15-8-,46-16+,54-44+. The van der Waals surface area contributed by atoms with Crippen molar-refractivity contribution in [3.63, 3.8) is 0 Å². The summed E-state index contributed by atoms with van der Waals surface area (Å²) in [5, 5.41) is 5.07. The highest BCUT2D eigenvalue weighted by Gasteiger charge is 2.34. The second kappa shape index (κ2) is 15.5. The molecule has 0 aromatic heterocycles. The Kier molecular flexibility index (Phi) is 10.2. The van der Waals surface area contributed by atoms with Crippen LogP contribution in [0.4, 0.5) is 0 Å². The highest BCUT2D eigenvalue weighted by atomic mass is 14.4. The Labute approximate surface area is 333 Å². The van der Waals surface area contributed by atoms with Gasteiger partial charge in [0.2, 0.25) is 0 Å². The molecule has 274 valence electrons. The average molecular weight is 723 g/mol. The van der Waals surface area contributed by atoms with Crippen molar-refractivity contribution in [3.8, 4) is 11.1 Å². The van der Waals surface area contributed by atoms with E-state index in [4.69, 9.17) is 6.58 Å². The van der Waals surface area contributed by atoms with Crippen molar-refractivity contribution in [1.29, 1.82) is 0 Å². The predicted octanol–water partition coefficient (Wildman–Crippen LogP) is 15.7. The van der Waals surface area contributed by atoms with E-state index in [-0.39, 0.29) is 5.41 Å². The van der Waals surface area contributed by atoms with Crippen LogP contribution < -0.4 is 0 Å². The summed E-state index contributed by atoms with van der Waals surface area (Å²) in [6, 6.07) is 46.8. The molecule has 0 aliphatic heterocycles. The van der Waals surface area contributed by atoms with Crippen LogP contribution in [-0.4, -0.2) is 0 Å². The van der Waals surface area contributed by atoms with E-state index in [1.807, 2.05) is 0 Å². The second-order valence-corrected chi connectivity index (χ2v) is 15.7. The Morgan fingerprint density at radius 2 is 1.39 bits per heavy atom. The van der Waals surface area contributed by atoms with E-state index < -0.39 is 0 Å². The number of rotatable bonds is 9. The third-order valence-electron chi connectivity index (χ3n) is 12.1. The van der Waals surface area contributed by atoms with Crippen LogP contribution in [0.15, 0.2) is 199 Å². The zero-order chi connectivity index (χ0) is 38.8. The van der Waals surface area contributed by atoms with E-state index >= 15 is 0 Å². The molecule has 6 aromatic carbocycles. The van der Waals surface area contributed by atoms with Crippen molar-refractivity contribution >= 4 is 43.8 Å². The van der Waals surface area contributed by atoms with Crippen LogP contribution in [0, 0.1) is 0 Å². The van der Waals surface area contributed by atoms with Crippen LogP contribution >= 0.6 is 0 Å². The molecule has 2 aliphatic rings. The number of hydrogen-bond donors (Lipinski definition) is 0. The fraction of sp³-hybridized carbons (Fsp3) is 0.143. The van der Waals surface area contributed by atoms with Crippen molar-refractivity contribution in [2.45, 2.75) is 52.9 Å². The van der Waals surface area contributed by atoms with E-state index in [0.29, 0.717) is 0 Å². The van der Waals surface area contributed by atoms with E-state index in [1.165, 1.54) is 93.9 Å². The van der Waals surface area contributed by atoms with Gasteiger partial charge in [-0.25, -0.2) is 0 Å². The summed E-state index contributed by atoms with van der Waals surface area (Å²) in [6.45, 7) is 16.0. The summed E-state index contributed by atoms with van der Waals surface area (Å²) in [6.07, 6.45) is 19.6. The van der Waals surface area contributed by atoms with Gasteiger partial charge in [-0.05, 0) is 140 Å². The van der Waals surface area contributed by atoms with E-state index in [9.17, 15) is 0 Å². The van der Waals surface area contributed by atoms with Gasteiger partial charge in [-0.2, -0.15) is 0 Å². The lowest BCUT2D eigenvalue weighted by Gasteiger charge is -2.24. The Hall–Kier alpha value is -6.24. The number of benzene rings is 6. The van der Waals surface area contributed by atoms with E-state index in [1.54, 1.807) is 0 Å². The zero-order valence-electron chi connectivity index (χ0n) is 33.4. The van der Waals surface area contributed by atoms with Gasteiger partial charge >= 0.3 is 0 Å². The van der Waals surface area contributed by atoms with Crippen LogP contribution in [-0.2, 0) is 5.41 Å². The molecule has 56 heavy (non-hydrogen) atoms. The number of allylic oxidation sites excluding steroid dienone is 15. The summed E-state index contributed by atoms with van der Waals surface area (Å²) in [5.74, 6) is 0.